The summed E-state index contributed by atoms with van der Waals surface area (Å²) in [6.45, 7) is 8.30. The first-order chi connectivity index (χ1) is 22.5. The van der Waals surface area contributed by atoms with Crippen LogP contribution in [0.3, 0.4) is 0 Å². The Kier molecular flexibility index (Phi) is 10.9. The van der Waals surface area contributed by atoms with E-state index in [0.717, 1.165) is 10.5 Å². The van der Waals surface area contributed by atoms with E-state index in [2.05, 4.69) is 15.4 Å². The molecule has 2 amide bonds. The second kappa shape index (κ2) is 14.5. The van der Waals surface area contributed by atoms with Crippen LogP contribution in [0.5, 0.6) is 0 Å². The number of rotatable bonds is 11. The number of carbonyl (C=O) groups excluding carboxylic acids is 2. The SMILES string of the molecule is CC(C)(C)OC(=O)N(C[C@H](O)[C@H](Cc1ccccc1)NC(=O)C(F)(F)F)C(N)c1ccc(-c2nnn(C(C)(C)c3ccccc3)n2)cc1. The molecule has 3 atom stereocenters. The third-order valence-corrected chi connectivity index (χ3v) is 7.59. The Labute approximate surface area is 276 Å². The van der Waals surface area contributed by atoms with Crippen LogP contribution in [0.4, 0.5) is 18.0 Å². The number of benzene rings is 3. The second-order valence-corrected chi connectivity index (χ2v) is 12.9. The van der Waals surface area contributed by atoms with Gasteiger partial charge in [-0.25, -0.2) is 4.79 Å². The molecule has 0 aliphatic carbocycles. The van der Waals surface area contributed by atoms with Crippen molar-refractivity contribution in [1.82, 2.24) is 30.4 Å². The van der Waals surface area contributed by atoms with Crippen LogP contribution >= 0.6 is 0 Å². The summed E-state index contributed by atoms with van der Waals surface area (Å²) in [7, 11) is 0. The highest BCUT2D eigenvalue weighted by atomic mass is 19.4. The van der Waals surface area contributed by atoms with Gasteiger partial charge in [0, 0.05) is 5.56 Å². The molecule has 0 radical (unpaired) electrons. The van der Waals surface area contributed by atoms with Crippen molar-refractivity contribution < 1.29 is 32.6 Å². The summed E-state index contributed by atoms with van der Waals surface area (Å²) in [6, 6.07) is 23.3. The van der Waals surface area contributed by atoms with Gasteiger partial charge in [-0.1, -0.05) is 84.9 Å². The van der Waals surface area contributed by atoms with Gasteiger partial charge in [0.05, 0.1) is 18.7 Å². The molecule has 4 aromatic rings. The minimum absolute atomic E-state index is 0.148. The van der Waals surface area contributed by atoms with Gasteiger partial charge in [-0.15, -0.1) is 10.2 Å². The molecule has 0 saturated heterocycles. The number of ether oxygens (including phenoxy) is 1. The first-order valence-corrected chi connectivity index (χ1v) is 15.3. The van der Waals surface area contributed by atoms with E-state index in [1.54, 1.807) is 75.4 Å². The van der Waals surface area contributed by atoms with E-state index >= 15 is 0 Å². The number of halogens is 3. The summed E-state index contributed by atoms with van der Waals surface area (Å²) in [5, 5.41) is 26.1. The summed E-state index contributed by atoms with van der Waals surface area (Å²) in [4.78, 5) is 27.8. The zero-order valence-corrected chi connectivity index (χ0v) is 27.3. The van der Waals surface area contributed by atoms with Gasteiger partial charge in [0.1, 0.15) is 17.3 Å². The lowest BCUT2D eigenvalue weighted by molar-refractivity contribution is -0.175. The third kappa shape index (κ3) is 9.16. The van der Waals surface area contributed by atoms with Gasteiger partial charge in [0.15, 0.2) is 0 Å². The number of hydrogen-bond donors (Lipinski definition) is 3. The number of aromatic nitrogens is 4. The van der Waals surface area contributed by atoms with Gasteiger partial charge >= 0.3 is 18.2 Å². The maximum Gasteiger partial charge on any atom is 0.471 e. The quantitative estimate of drug-likeness (QED) is 0.190. The average Bonchev–Trinajstić information content (AvgIpc) is 3.54. The number of tetrazole rings is 1. The Morgan fingerprint density at radius 1 is 0.938 bits per heavy atom. The Balaban J connectivity index is 1.58. The van der Waals surface area contributed by atoms with Crippen LogP contribution < -0.4 is 11.1 Å². The highest BCUT2D eigenvalue weighted by molar-refractivity contribution is 5.82. The Hall–Kier alpha value is -4.82. The van der Waals surface area contributed by atoms with Gasteiger partial charge in [0.2, 0.25) is 5.82 Å². The molecule has 256 valence electrons. The van der Waals surface area contributed by atoms with E-state index in [1.807, 2.05) is 49.5 Å². The van der Waals surface area contributed by atoms with E-state index in [0.29, 0.717) is 22.5 Å². The van der Waals surface area contributed by atoms with Crippen LogP contribution in [0, 0.1) is 0 Å². The van der Waals surface area contributed by atoms with E-state index in [-0.39, 0.29) is 6.42 Å². The Morgan fingerprint density at radius 2 is 1.52 bits per heavy atom. The Bertz CT molecular complexity index is 1660. The molecule has 0 aliphatic rings. The average molecular weight is 668 g/mol. The highest BCUT2D eigenvalue weighted by Gasteiger charge is 2.41. The zero-order chi connectivity index (χ0) is 35.3. The van der Waals surface area contributed by atoms with E-state index in [4.69, 9.17) is 10.5 Å². The van der Waals surface area contributed by atoms with Crippen molar-refractivity contribution in [3.63, 3.8) is 0 Å². The van der Waals surface area contributed by atoms with Gasteiger partial charge in [-0.05, 0) is 62.9 Å². The lowest BCUT2D eigenvalue weighted by Crippen LogP contribution is -2.54. The molecule has 4 rings (SSSR count). The molecule has 1 unspecified atom stereocenters. The number of carbonyl (C=O) groups is 2. The molecular formula is C34H40F3N7O4. The number of nitrogens with two attached hydrogens (primary N) is 1. The van der Waals surface area contributed by atoms with Gasteiger partial charge in [-0.2, -0.15) is 18.0 Å². The second-order valence-electron chi connectivity index (χ2n) is 12.9. The number of alkyl halides is 3. The number of nitrogens with zero attached hydrogens (tertiary/aromatic N) is 5. The molecule has 3 aromatic carbocycles. The number of aliphatic hydroxyl groups excluding tert-OH is 1. The molecule has 1 heterocycles. The molecule has 0 bridgehead atoms. The van der Waals surface area contributed by atoms with E-state index in [9.17, 15) is 27.9 Å². The smallest absolute Gasteiger partial charge is 0.444 e. The number of aliphatic hydroxyl groups is 1. The maximum atomic E-state index is 13.4. The topological polar surface area (TPSA) is 148 Å². The van der Waals surface area contributed by atoms with Crippen molar-refractivity contribution in [2.24, 2.45) is 5.73 Å². The van der Waals surface area contributed by atoms with Crippen molar-refractivity contribution in [2.45, 2.75) is 76.7 Å². The fourth-order valence-corrected chi connectivity index (χ4v) is 4.89. The fourth-order valence-electron chi connectivity index (χ4n) is 4.89. The van der Waals surface area contributed by atoms with Crippen LogP contribution in [0.25, 0.3) is 11.4 Å². The lowest BCUT2D eigenvalue weighted by atomic mass is 9.95. The summed E-state index contributed by atoms with van der Waals surface area (Å²) in [6.07, 6.45) is -9.10. The normalized spacial score (nSPS) is 14.1. The molecule has 0 fully saturated rings. The van der Waals surface area contributed by atoms with Crippen molar-refractivity contribution in [3.05, 3.63) is 102 Å². The summed E-state index contributed by atoms with van der Waals surface area (Å²) in [5.41, 5.74) is 7.59. The van der Waals surface area contributed by atoms with Crippen LogP contribution in [-0.4, -0.2) is 72.7 Å². The predicted octanol–water partition coefficient (Wildman–Crippen LogP) is 4.97. The minimum Gasteiger partial charge on any atom is -0.444 e. The third-order valence-electron chi connectivity index (χ3n) is 7.59. The molecule has 11 nitrogen and oxygen atoms in total. The van der Waals surface area contributed by atoms with Crippen molar-refractivity contribution in [1.29, 1.82) is 0 Å². The summed E-state index contributed by atoms with van der Waals surface area (Å²) in [5.74, 6) is -1.87. The van der Waals surface area contributed by atoms with Gasteiger partial charge < -0.3 is 20.9 Å². The summed E-state index contributed by atoms with van der Waals surface area (Å²) >= 11 is 0. The van der Waals surface area contributed by atoms with Gasteiger partial charge in [-0.3, -0.25) is 9.69 Å². The molecule has 0 saturated carbocycles. The van der Waals surface area contributed by atoms with Crippen LogP contribution in [-0.2, 0) is 21.5 Å². The van der Waals surface area contributed by atoms with Gasteiger partial charge in [0.25, 0.3) is 0 Å². The molecule has 14 heteroatoms. The lowest BCUT2D eigenvalue weighted by Gasteiger charge is -2.35. The number of hydrogen-bond acceptors (Lipinski definition) is 8. The standard InChI is InChI=1S/C34H40F3N7O4/c1-32(2,3)48-31(47)43(21-27(45)26(39-30(46)34(35,36)37)20-22-12-8-6-9-13-22)28(38)23-16-18-24(19-17-23)29-40-42-44(41-29)33(4,5)25-14-10-7-11-15-25/h6-19,26-28,45H,20-21,38H2,1-5H3,(H,39,46)/t26-,27-,28?/m0/s1. The molecule has 4 N–H and O–H groups in total. The molecule has 0 spiro atoms. The predicted molar refractivity (Wildman–Crippen MR) is 172 cm³/mol. The maximum absolute atomic E-state index is 13.4. The highest BCUT2D eigenvalue weighted by Crippen LogP contribution is 2.27. The molecule has 48 heavy (non-hydrogen) atoms. The zero-order valence-electron chi connectivity index (χ0n) is 27.3. The number of nitrogens with one attached hydrogen (secondary N) is 1. The van der Waals surface area contributed by atoms with E-state index < -0.39 is 54.2 Å². The monoisotopic (exact) mass is 667 g/mol. The van der Waals surface area contributed by atoms with Crippen LogP contribution in [0.15, 0.2) is 84.9 Å². The van der Waals surface area contributed by atoms with Crippen molar-refractivity contribution in [3.8, 4) is 11.4 Å². The van der Waals surface area contributed by atoms with Crippen LogP contribution in [0.2, 0.25) is 0 Å². The molecule has 0 aliphatic heterocycles. The van der Waals surface area contributed by atoms with Crippen molar-refractivity contribution in [2.75, 3.05) is 6.54 Å². The largest absolute Gasteiger partial charge is 0.471 e. The summed E-state index contributed by atoms with van der Waals surface area (Å²) < 4.78 is 45.2. The Morgan fingerprint density at radius 3 is 2.08 bits per heavy atom. The molecular weight excluding hydrogens is 627 g/mol. The number of amides is 2. The fraction of sp³-hybridized carbons (Fsp3) is 0.382. The molecule has 1 aromatic heterocycles. The van der Waals surface area contributed by atoms with E-state index in [1.165, 1.54) is 4.80 Å². The van der Waals surface area contributed by atoms with Crippen molar-refractivity contribution >= 4 is 12.0 Å². The minimum atomic E-state index is -5.19. The van der Waals surface area contributed by atoms with Crippen LogP contribution in [0.1, 0.15) is 57.5 Å². The first kappa shape index (κ1) is 36.0. The first-order valence-electron chi connectivity index (χ1n) is 15.3.